The molecule has 0 bridgehead atoms. The van der Waals surface area contributed by atoms with Gasteiger partial charge in [0.2, 0.25) is 0 Å². The molecule has 8 heteroatoms. The Hall–Kier alpha value is -3.13. The molecule has 0 radical (unpaired) electrons. The zero-order chi connectivity index (χ0) is 21.0. The van der Waals surface area contributed by atoms with Crippen molar-refractivity contribution >= 4 is 15.7 Å². The Morgan fingerprint density at radius 2 is 1.87 bits per heavy atom. The quantitative estimate of drug-likeness (QED) is 0.674. The first kappa shape index (κ1) is 18.9. The molecule has 0 unspecified atom stereocenters. The predicted octanol–water partition coefficient (Wildman–Crippen LogP) is 2.82. The van der Waals surface area contributed by atoms with E-state index in [4.69, 9.17) is 0 Å². The standard InChI is InChI=1S/C22H21N3O4S/c1-13-6-8-14(9-7-13)21-18-19(16-4-2-3-5-17(16)26)23-24-20(18)22(27)25(21)15-10-11-30(28,29)12-15/h2-9,15,21,26H,10-12H2,1H3,(H,23,24)/t15-,21-/m0/s1. The normalized spacial score (nSPS) is 22.4. The lowest BCUT2D eigenvalue weighted by Crippen LogP contribution is -2.40. The average molecular weight is 423 g/mol. The third-order valence-corrected chi connectivity index (χ3v) is 7.71. The number of hydrogen-bond acceptors (Lipinski definition) is 5. The number of carbonyl (C=O) groups is 1. The number of para-hydroxylation sites is 1. The van der Waals surface area contributed by atoms with Gasteiger partial charge in [0.15, 0.2) is 9.84 Å². The van der Waals surface area contributed by atoms with Crippen LogP contribution < -0.4 is 0 Å². The zero-order valence-electron chi connectivity index (χ0n) is 16.4. The van der Waals surface area contributed by atoms with Gasteiger partial charge in [-0.2, -0.15) is 5.10 Å². The van der Waals surface area contributed by atoms with Gasteiger partial charge >= 0.3 is 0 Å². The molecule has 2 aliphatic heterocycles. The molecule has 0 saturated carbocycles. The minimum absolute atomic E-state index is 0.0370. The fourth-order valence-electron chi connectivity index (χ4n) is 4.49. The highest BCUT2D eigenvalue weighted by Gasteiger charge is 2.48. The van der Waals surface area contributed by atoms with Crippen molar-refractivity contribution in [1.82, 2.24) is 15.1 Å². The van der Waals surface area contributed by atoms with E-state index in [0.717, 1.165) is 11.1 Å². The Labute approximate surface area is 174 Å². The van der Waals surface area contributed by atoms with Crippen LogP contribution in [0.15, 0.2) is 48.5 Å². The number of hydrogen-bond donors (Lipinski definition) is 2. The number of H-pyrrole nitrogens is 1. The third kappa shape index (κ3) is 2.90. The molecule has 0 spiro atoms. The molecule has 2 aromatic carbocycles. The van der Waals surface area contributed by atoms with Gasteiger partial charge in [-0.1, -0.05) is 42.0 Å². The molecule has 154 valence electrons. The van der Waals surface area contributed by atoms with Crippen LogP contribution in [0.5, 0.6) is 5.75 Å². The maximum Gasteiger partial charge on any atom is 0.273 e. The molecular formula is C22H21N3O4S. The topological polar surface area (TPSA) is 103 Å². The van der Waals surface area contributed by atoms with E-state index in [1.807, 2.05) is 31.2 Å². The summed E-state index contributed by atoms with van der Waals surface area (Å²) in [5.74, 6) is -0.138. The largest absolute Gasteiger partial charge is 0.507 e. The van der Waals surface area contributed by atoms with Crippen molar-refractivity contribution < 1.29 is 18.3 Å². The lowest BCUT2D eigenvalue weighted by Gasteiger charge is -2.31. The molecule has 1 amide bonds. The summed E-state index contributed by atoms with van der Waals surface area (Å²) in [4.78, 5) is 15.1. The number of aromatic amines is 1. The molecule has 1 saturated heterocycles. The fraction of sp³-hybridized carbons (Fsp3) is 0.273. The van der Waals surface area contributed by atoms with E-state index in [1.165, 1.54) is 0 Å². The van der Waals surface area contributed by atoms with Crippen molar-refractivity contribution in [2.45, 2.75) is 25.4 Å². The molecule has 30 heavy (non-hydrogen) atoms. The zero-order valence-corrected chi connectivity index (χ0v) is 17.2. The smallest absolute Gasteiger partial charge is 0.273 e. The van der Waals surface area contributed by atoms with Crippen molar-refractivity contribution in [3.8, 4) is 17.0 Å². The van der Waals surface area contributed by atoms with E-state index in [1.54, 1.807) is 29.2 Å². The van der Waals surface area contributed by atoms with Crippen LogP contribution in [0.1, 0.15) is 39.6 Å². The van der Waals surface area contributed by atoms with E-state index in [0.29, 0.717) is 28.9 Å². The fourth-order valence-corrected chi connectivity index (χ4v) is 6.20. The van der Waals surface area contributed by atoms with Crippen LogP contribution in [0.25, 0.3) is 11.3 Å². The minimum Gasteiger partial charge on any atom is -0.507 e. The van der Waals surface area contributed by atoms with Crippen LogP contribution in [-0.4, -0.2) is 52.1 Å². The van der Waals surface area contributed by atoms with Gasteiger partial charge in [-0.15, -0.1) is 0 Å². The maximum atomic E-state index is 13.4. The molecule has 3 aromatic rings. The number of aryl methyl sites for hydroxylation is 1. The molecule has 7 nitrogen and oxygen atoms in total. The molecule has 1 fully saturated rings. The van der Waals surface area contributed by atoms with Gasteiger partial charge in [0.05, 0.1) is 17.5 Å². The van der Waals surface area contributed by atoms with Crippen LogP contribution in [-0.2, 0) is 9.84 Å². The summed E-state index contributed by atoms with van der Waals surface area (Å²) in [6, 6.07) is 13.9. The first-order chi connectivity index (χ1) is 14.4. The molecule has 2 N–H and O–H groups in total. The number of amides is 1. The van der Waals surface area contributed by atoms with Gasteiger partial charge in [-0.25, -0.2) is 8.42 Å². The summed E-state index contributed by atoms with van der Waals surface area (Å²) in [7, 11) is -3.17. The van der Waals surface area contributed by atoms with Crippen molar-refractivity contribution in [2.24, 2.45) is 0 Å². The Morgan fingerprint density at radius 1 is 1.13 bits per heavy atom. The SMILES string of the molecule is Cc1ccc([C@H]2c3c(-c4ccccc4O)n[nH]c3C(=O)N2[C@H]2CCS(=O)(=O)C2)cc1. The van der Waals surface area contributed by atoms with Gasteiger partial charge in [0, 0.05) is 17.2 Å². The first-order valence-electron chi connectivity index (χ1n) is 9.82. The number of aromatic nitrogens is 2. The minimum atomic E-state index is -3.17. The second kappa shape index (κ2) is 6.70. The summed E-state index contributed by atoms with van der Waals surface area (Å²) < 4.78 is 24.3. The van der Waals surface area contributed by atoms with Gasteiger partial charge in [0.1, 0.15) is 17.1 Å². The van der Waals surface area contributed by atoms with Gasteiger partial charge in [0.25, 0.3) is 5.91 Å². The number of benzene rings is 2. The van der Waals surface area contributed by atoms with Crippen molar-refractivity contribution in [3.05, 3.63) is 70.9 Å². The van der Waals surface area contributed by atoms with E-state index < -0.39 is 21.9 Å². The number of carbonyl (C=O) groups excluding carboxylic acids is 1. The monoisotopic (exact) mass is 423 g/mol. The van der Waals surface area contributed by atoms with Crippen LogP contribution in [0, 0.1) is 6.92 Å². The van der Waals surface area contributed by atoms with E-state index in [-0.39, 0.29) is 23.2 Å². The molecule has 3 heterocycles. The van der Waals surface area contributed by atoms with Crippen LogP contribution in [0.4, 0.5) is 0 Å². The number of phenols is 1. The van der Waals surface area contributed by atoms with Gasteiger partial charge in [-0.3, -0.25) is 9.89 Å². The Bertz CT molecular complexity index is 1250. The first-order valence-corrected chi connectivity index (χ1v) is 11.6. The van der Waals surface area contributed by atoms with Crippen molar-refractivity contribution in [3.63, 3.8) is 0 Å². The lowest BCUT2D eigenvalue weighted by atomic mass is 9.94. The van der Waals surface area contributed by atoms with Crippen LogP contribution in [0.2, 0.25) is 0 Å². The molecule has 0 aliphatic carbocycles. The highest BCUT2D eigenvalue weighted by Crippen LogP contribution is 2.46. The second-order valence-corrected chi connectivity index (χ2v) is 10.2. The Morgan fingerprint density at radius 3 is 2.53 bits per heavy atom. The molecule has 1 aromatic heterocycles. The van der Waals surface area contributed by atoms with Gasteiger partial charge < -0.3 is 10.0 Å². The maximum absolute atomic E-state index is 13.4. The highest BCUT2D eigenvalue weighted by molar-refractivity contribution is 7.91. The summed E-state index contributed by atoms with van der Waals surface area (Å²) in [6.07, 6.45) is 0.417. The van der Waals surface area contributed by atoms with Crippen molar-refractivity contribution in [1.29, 1.82) is 0 Å². The number of nitrogens with one attached hydrogen (secondary N) is 1. The summed E-state index contributed by atoms with van der Waals surface area (Å²) in [5.41, 5.74) is 4.03. The average Bonchev–Trinajstić information content (AvgIpc) is 3.37. The summed E-state index contributed by atoms with van der Waals surface area (Å²) in [5, 5.41) is 17.6. The summed E-state index contributed by atoms with van der Waals surface area (Å²) >= 11 is 0. The Kier molecular flexibility index (Phi) is 4.21. The van der Waals surface area contributed by atoms with E-state index in [9.17, 15) is 18.3 Å². The number of phenolic OH excluding ortho intramolecular Hbond substituents is 1. The lowest BCUT2D eigenvalue weighted by molar-refractivity contribution is 0.0678. The number of aromatic hydroxyl groups is 1. The molecule has 2 aliphatic rings. The van der Waals surface area contributed by atoms with Gasteiger partial charge in [-0.05, 0) is 31.0 Å². The predicted molar refractivity (Wildman–Crippen MR) is 112 cm³/mol. The highest BCUT2D eigenvalue weighted by atomic mass is 32.2. The third-order valence-electron chi connectivity index (χ3n) is 5.96. The number of nitrogens with zero attached hydrogens (tertiary/aromatic N) is 2. The van der Waals surface area contributed by atoms with Crippen molar-refractivity contribution in [2.75, 3.05) is 11.5 Å². The van der Waals surface area contributed by atoms with Crippen LogP contribution >= 0.6 is 0 Å². The molecular weight excluding hydrogens is 402 g/mol. The van der Waals surface area contributed by atoms with E-state index >= 15 is 0 Å². The number of fused-ring (bicyclic) bond motifs is 1. The molecule has 5 rings (SSSR count). The van der Waals surface area contributed by atoms with E-state index in [2.05, 4.69) is 10.2 Å². The molecule has 2 atom stereocenters. The van der Waals surface area contributed by atoms with Crippen LogP contribution in [0.3, 0.4) is 0 Å². The Balaban J connectivity index is 1.69. The second-order valence-electron chi connectivity index (χ2n) is 7.96. The number of rotatable bonds is 3. The summed E-state index contributed by atoms with van der Waals surface area (Å²) in [6.45, 7) is 1.99. The number of sulfone groups is 1.